The van der Waals surface area contributed by atoms with E-state index in [1.54, 1.807) is 0 Å². The number of carbonyl (C=O) groups excluding carboxylic acids is 1. The van der Waals surface area contributed by atoms with Crippen molar-refractivity contribution in [3.63, 3.8) is 0 Å². The number of rotatable bonds is 4. The summed E-state index contributed by atoms with van der Waals surface area (Å²) in [5, 5.41) is 0. The monoisotopic (exact) mass is 278 g/mol. The number of carbonyl (C=O) groups is 1. The molecule has 20 heavy (non-hydrogen) atoms. The van der Waals surface area contributed by atoms with Crippen LogP contribution in [0.1, 0.15) is 66.2 Å². The van der Waals surface area contributed by atoms with E-state index in [9.17, 15) is 4.79 Å². The van der Waals surface area contributed by atoms with Gasteiger partial charge in [-0.25, -0.2) is 0 Å². The summed E-state index contributed by atoms with van der Waals surface area (Å²) in [4.78, 5) is 14.8. The fourth-order valence-electron chi connectivity index (χ4n) is 3.91. The molecule has 0 aromatic heterocycles. The Morgan fingerprint density at radius 3 is 2.40 bits per heavy atom. The van der Waals surface area contributed by atoms with Crippen molar-refractivity contribution in [3.05, 3.63) is 5.92 Å². The molecule has 0 amide bonds. The van der Waals surface area contributed by atoms with Crippen LogP contribution in [0.25, 0.3) is 0 Å². The van der Waals surface area contributed by atoms with Crippen LogP contribution in [0.15, 0.2) is 0 Å². The van der Waals surface area contributed by atoms with Crippen molar-refractivity contribution in [2.24, 2.45) is 17.3 Å². The Labute approximate surface area is 125 Å². The maximum atomic E-state index is 12.3. The van der Waals surface area contributed by atoms with Gasteiger partial charge in [0, 0.05) is 18.9 Å². The van der Waals surface area contributed by atoms with Crippen molar-refractivity contribution in [2.75, 3.05) is 19.6 Å². The van der Waals surface area contributed by atoms with Crippen LogP contribution >= 0.6 is 0 Å². The second kappa shape index (κ2) is 6.60. The lowest BCUT2D eigenvalue weighted by Crippen LogP contribution is -2.37. The molecule has 2 aliphatic rings. The van der Waals surface area contributed by atoms with Crippen molar-refractivity contribution in [1.82, 2.24) is 4.90 Å². The van der Waals surface area contributed by atoms with Crippen LogP contribution in [-0.4, -0.2) is 30.3 Å². The van der Waals surface area contributed by atoms with Gasteiger partial charge in [0.1, 0.15) is 5.78 Å². The smallest absolute Gasteiger partial charge is 0.136 e. The molecule has 1 saturated heterocycles. The van der Waals surface area contributed by atoms with E-state index in [0.717, 1.165) is 31.7 Å². The quantitative estimate of drug-likeness (QED) is 0.771. The van der Waals surface area contributed by atoms with Gasteiger partial charge in [-0.05, 0) is 62.4 Å². The summed E-state index contributed by atoms with van der Waals surface area (Å²) in [6.07, 6.45) is 6.92. The first-order valence-corrected chi connectivity index (χ1v) is 8.40. The summed E-state index contributed by atoms with van der Waals surface area (Å²) in [6, 6.07) is 0. The third kappa shape index (κ3) is 4.58. The Kier molecular flexibility index (Phi) is 5.28. The molecule has 1 aliphatic carbocycles. The summed E-state index contributed by atoms with van der Waals surface area (Å²) in [5.74, 6) is 3.21. The summed E-state index contributed by atoms with van der Waals surface area (Å²) in [7, 11) is 0. The van der Waals surface area contributed by atoms with Crippen LogP contribution in [0.2, 0.25) is 0 Å². The highest BCUT2D eigenvalue weighted by atomic mass is 16.1. The van der Waals surface area contributed by atoms with Crippen molar-refractivity contribution in [2.45, 2.75) is 66.2 Å². The summed E-state index contributed by atoms with van der Waals surface area (Å²) >= 11 is 0. The van der Waals surface area contributed by atoms with E-state index >= 15 is 0 Å². The lowest BCUT2D eigenvalue weighted by Gasteiger charge is -2.37. The second-order valence-electron chi connectivity index (χ2n) is 8.21. The molecule has 0 aromatic carbocycles. The molecule has 1 atom stereocenters. The number of hydrogen-bond donors (Lipinski definition) is 0. The van der Waals surface area contributed by atoms with Crippen LogP contribution in [0, 0.1) is 23.2 Å². The van der Waals surface area contributed by atoms with E-state index in [1.165, 1.54) is 38.3 Å². The Morgan fingerprint density at radius 2 is 1.85 bits per heavy atom. The maximum absolute atomic E-state index is 12.3. The van der Waals surface area contributed by atoms with Gasteiger partial charge in [-0.15, -0.1) is 0 Å². The highest BCUT2D eigenvalue weighted by Crippen LogP contribution is 2.39. The van der Waals surface area contributed by atoms with Crippen LogP contribution in [0.3, 0.4) is 0 Å². The Morgan fingerprint density at radius 1 is 1.20 bits per heavy atom. The SMILES string of the molecule is C[C](C)CN1CCC(CC2CCC(C)(C)CC2=O)CC1. The zero-order chi connectivity index (χ0) is 14.8. The molecule has 2 heteroatoms. The Hall–Kier alpha value is -0.370. The molecule has 1 unspecified atom stereocenters. The molecule has 1 aliphatic heterocycles. The molecular formula is C18H32NO. The second-order valence-corrected chi connectivity index (χ2v) is 8.21. The molecule has 2 rings (SSSR count). The van der Waals surface area contributed by atoms with E-state index in [0.29, 0.717) is 11.7 Å². The van der Waals surface area contributed by atoms with Gasteiger partial charge in [-0.1, -0.05) is 27.7 Å². The minimum absolute atomic E-state index is 0.255. The normalized spacial score (nSPS) is 29.1. The number of nitrogens with zero attached hydrogens (tertiary/aromatic N) is 1. The highest BCUT2D eigenvalue weighted by Gasteiger charge is 2.35. The van der Waals surface area contributed by atoms with E-state index < -0.39 is 0 Å². The summed E-state index contributed by atoms with van der Waals surface area (Å²) in [6.45, 7) is 12.5. The molecule has 2 fully saturated rings. The molecular weight excluding hydrogens is 246 g/mol. The van der Waals surface area contributed by atoms with E-state index in [2.05, 4.69) is 32.6 Å². The number of hydrogen-bond acceptors (Lipinski definition) is 2. The van der Waals surface area contributed by atoms with Crippen molar-refractivity contribution in [1.29, 1.82) is 0 Å². The first-order chi connectivity index (χ1) is 9.35. The Bertz CT molecular complexity index is 326. The molecule has 1 heterocycles. The van der Waals surface area contributed by atoms with Gasteiger partial charge in [0.15, 0.2) is 0 Å². The van der Waals surface area contributed by atoms with Gasteiger partial charge in [0.25, 0.3) is 0 Å². The van der Waals surface area contributed by atoms with Crippen molar-refractivity contribution < 1.29 is 4.79 Å². The first kappa shape index (κ1) is 16.0. The van der Waals surface area contributed by atoms with Gasteiger partial charge in [0.2, 0.25) is 0 Å². The Balaban J connectivity index is 1.74. The number of Topliss-reactive ketones (excluding diaryl/α,β-unsaturated/α-hetero) is 1. The summed E-state index contributed by atoms with van der Waals surface area (Å²) in [5.41, 5.74) is 0.255. The van der Waals surface area contributed by atoms with Crippen LogP contribution in [0.4, 0.5) is 0 Å². The largest absolute Gasteiger partial charge is 0.303 e. The third-order valence-corrected chi connectivity index (χ3v) is 5.14. The van der Waals surface area contributed by atoms with Gasteiger partial charge >= 0.3 is 0 Å². The molecule has 0 N–H and O–H groups in total. The van der Waals surface area contributed by atoms with Crippen molar-refractivity contribution >= 4 is 5.78 Å². The molecule has 1 saturated carbocycles. The van der Waals surface area contributed by atoms with Crippen LogP contribution < -0.4 is 0 Å². The predicted molar refractivity (Wildman–Crippen MR) is 84.5 cm³/mol. The average Bonchev–Trinajstić information content (AvgIpc) is 2.34. The lowest BCUT2D eigenvalue weighted by atomic mass is 9.69. The number of ketones is 1. The van der Waals surface area contributed by atoms with E-state index in [4.69, 9.17) is 0 Å². The zero-order valence-corrected chi connectivity index (χ0v) is 13.9. The van der Waals surface area contributed by atoms with Gasteiger partial charge in [-0.3, -0.25) is 4.79 Å². The molecule has 115 valence electrons. The number of likely N-dealkylation sites (tertiary alicyclic amines) is 1. The zero-order valence-electron chi connectivity index (χ0n) is 13.9. The summed E-state index contributed by atoms with van der Waals surface area (Å²) < 4.78 is 0. The maximum Gasteiger partial charge on any atom is 0.136 e. The predicted octanol–water partition coefficient (Wildman–Crippen LogP) is 4.10. The van der Waals surface area contributed by atoms with Gasteiger partial charge < -0.3 is 4.90 Å². The molecule has 0 aromatic rings. The standard InChI is InChI=1S/C18H32NO/c1-14(2)13-19-9-6-15(7-10-19)11-16-5-8-18(3,4)12-17(16)20/h15-16H,5-13H2,1-4H3. The minimum atomic E-state index is 0.255. The van der Waals surface area contributed by atoms with Crippen LogP contribution in [-0.2, 0) is 4.79 Å². The molecule has 0 spiro atoms. The van der Waals surface area contributed by atoms with Gasteiger partial charge in [-0.2, -0.15) is 0 Å². The van der Waals surface area contributed by atoms with E-state index in [-0.39, 0.29) is 5.41 Å². The first-order valence-electron chi connectivity index (χ1n) is 8.40. The van der Waals surface area contributed by atoms with Crippen LogP contribution in [0.5, 0.6) is 0 Å². The topological polar surface area (TPSA) is 20.3 Å². The average molecular weight is 278 g/mol. The number of piperidine rings is 1. The van der Waals surface area contributed by atoms with Crippen molar-refractivity contribution in [3.8, 4) is 0 Å². The van der Waals surface area contributed by atoms with E-state index in [1.807, 2.05) is 0 Å². The van der Waals surface area contributed by atoms with Gasteiger partial charge in [0.05, 0.1) is 0 Å². The molecule has 0 bridgehead atoms. The lowest BCUT2D eigenvalue weighted by molar-refractivity contribution is -0.128. The molecule has 2 nitrogen and oxygen atoms in total. The highest BCUT2D eigenvalue weighted by molar-refractivity contribution is 5.82. The molecule has 1 radical (unpaired) electrons. The minimum Gasteiger partial charge on any atom is -0.303 e. The third-order valence-electron chi connectivity index (χ3n) is 5.14. The fourth-order valence-corrected chi connectivity index (χ4v) is 3.91. The fraction of sp³-hybridized carbons (Fsp3) is 0.889.